The van der Waals surface area contributed by atoms with E-state index in [0.29, 0.717) is 47.7 Å². The van der Waals surface area contributed by atoms with Crippen molar-refractivity contribution in [2.45, 2.75) is 37.6 Å². The Balaban J connectivity index is 1.26. The normalized spacial score (nSPS) is 15.5. The van der Waals surface area contributed by atoms with Crippen molar-refractivity contribution in [1.29, 1.82) is 0 Å². The molecule has 0 spiro atoms. The van der Waals surface area contributed by atoms with Crippen LogP contribution in [0, 0.1) is 0 Å². The van der Waals surface area contributed by atoms with Crippen LogP contribution < -0.4 is 14.2 Å². The van der Waals surface area contributed by atoms with E-state index in [4.69, 9.17) is 18.9 Å². The molecule has 2 fully saturated rings. The van der Waals surface area contributed by atoms with Crippen molar-refractivity contribution >= 4 is 0 Å². The third kappa shape index (κ3) is 5.28. The minimum absolute atomic E-state index is 0.126. The van der Waals surface area contributed by atoms with Crippen LogP contribution in [0.5, 0.6) is 17.5 Å². The molecule has 4 aromatic rings. The molecule has 13 heteroatoms. The van der Waals surface area contributed by atoms with Gasteiger partial charge in [-0.1, -0.05) is 24.3 Å². The van der Waals surface area contributed by atoms with Gasteiger partial charge in [0, 0.05) is 24.7 Å². The molecule has 6 rings (SSSR count). The van der Waals surface area contributed by atoms with Crippen molar-refractivity contribution in [2.24, 2.45) is 7.05 Å². The number of rotatable bonds is 9. The molecule has 1 aliphatic heterocycles. The number of aryl methyl sites for hydroxylation is 1. The fourth-order valence-corrected chi connectivity index (χ4v) is 4.31. The highest BCUT2D eigenvalue weighted by Gasteiger charge is 2.35. The van der Waals surface area contributed by atoms with Gasteiger partial charge >= 0.3 is 6.18 Å². The predicted molar refractivity (Wildman–Crippen MR) is 135 cm³/mol. The summed E-state index contributed by atoms with van der Waals surface area (Å²) in [6.45, 7) is 1.04. The van der Waals surface area contributed by atoms with Crippen molar-refractivity contribution < 1.29 is 32.1 Å². The predicted octanol–water partition coefficient (Wildman–Crippen LogP) is 4.60. The molecular weight excluding hydrogens is 529 g/mol. The lowest BCUT2D eigenvalue weighted by molar-refractivity contribution is -0.140. The number of hydrogen-bond acceptors (Lipinski definition) is 9. The van der Waals surface area contributed by atoms with Gasteiger partial charge in [0.05, 0.1) is 32.2 Å². The summed E-state index contributed by atoms with van der Waals surface area (Å²) < 4.78 is 63.4. The fraction of sp³-hybridized carbons (Fsp3) is 0.370. The summed E-state index contributed by atoms with van der Waals surface area (Å²) in [4.78, 5) is 21.7. The highest BCUT2D eigenvalue weighted by molar-refractivity contribution is 5.66. The maximum Gasteiger partial charge on any atom is 0.434 e. The average molecular weight is 555 g/mol. The molecule has 10 nitrogen and oxygen atoms in total. The van der Waals surface area contributed by atoms with E-state index in [2.05, 4.69) is 24.9 Å². The SMILES string of the molecule is COc1ncnc(C2CC2)c1-c1ncc(OC2COC2)c(OCc2ccc(-c3nc(C(F)(F)F)cn3C)cc2)n1. The Morgan fingerprint density at radius 1 is 1.02 bits per heavy atom. The molecule has 0 N–H and O–H groups in total. The summed E-state index contributed by atoms with van der Waals surface area (Å²) in [6.07, 6.45) is 1.39. The monoisotopic (exact) mass is 554 g/mol. The first-order valence-electron chi connectivity index (χ1n) is 12.6. The quantitative estimate of drug-likeness (QED) is 0.294. The molecule has 1 aromatic carbocycles. The highest BCUT2D eigenvalue weighted by Crippen LogP contribution is 2.45. The first-order chi connectivity index (χ1) is 19.3. The lowest BCUT2D eigenvalue weighted by Crippen LogP contribution is -2.38. The van der Waals surface area contributed by atoms with Gasteiger partial charge in [-0.2, -0.15) is 18.2 Å². The molecule has 0 amide bonds. The van der Waals surface area contributed by atoms with Crippen LogP contribution in [-0.4, -0.2) is 55.9 Å². The number of ether oxygens (including phenoxy) is 4. The van der Waals surface area contributed by atoms with Gasteiger partial charge in [0.15, 0.2) is 11.5 Å². The maximum absolute atomic E-state index is 13.1. The number of alkyl halides is 3. The molecule has 0 bridgehead atoms. The second-order valence-corrected chi connectivity index (χ2v) is 9.60. The summed E-state index contributed by atoms with van der Waals surface area (Å²) in [7, 11) is 3.06. The van der Waals surface area contributed by atoms with Gasteiger partial charge in [0.2, 0.25) is 11.6 Å². The summed E-state index contributed by atoms with van der Waals surface area (Å²) in [5.41, 5.74) is 1.83. The number of hydrogen-bond donors (Lipinski definition) is 0. The fourth-order valence-electron chi connectivity index (χ4n) is 4.31. The van der Waals surface area contributed by atoms with Crippen LogP contribution in [0.3, 0.4) is 0 Å². The molecule has 1 saturated heterocycles. The smallest absolute Gasteiger partial charge is 0.434 e. The van der Waals surface area contributed by atoms with E-state index in [9.17, 15) is 13.2 Å². The van der Waals surface area contributed by atoms with E-state index < -0.39 is 11.9 Å². The Bertz CT molecular complexity index is 1520. The largest absolute Gasteiger partial charge is 0.480 e. The molecule has 0 unspecified atom stereocenters. The van der Waals surface area contributed by atoms with E-state index in [1.807, 2.05) is 0 Å². The lowest BCUT2D eigenvalue weighted by Gasteiger charge is -2.27. The van der Waals surface area contributed by atoms with Gasteiger partial charge in [-0.05, 0) is 18.4 Å². The zero-order chi connectivity index (χ0) is 27.9. The molecule has 208 valence electrons. The second-order valence-electron chi connectivity index (χ2n) is 9.60. The van der Waals surface area contributed by atoms with E-state index in [0.717, 1.165) is 30.3 Å². The molecule has 0 radical (unpaired) electrons. The zero-order valence-corrected chi connectivity index (χ0v) is 21.7. The Morgan fingerprint density at radius 2 is 1.80 bits per heavy atom. The Hall–Kier alpha value is -4.26. The molecular formula is C27H25F3N6O4. The third-order valence-electron chi connectivity index (χ3n) is 6.60. The molecule has 3 aromatic heterocycles. The highest BCUT2D eigenvalue weighted by atomic mass is 19.4. The van der Waals surface area contributed by atoms with Crippen LogP contribution in [0.4, 0.5) is 13.2 Å². The van der Waals surface area contributed by atoms with Crippen molar-refractivity contribution in [1.82, 2.24) is 29.5 Å². The van der Waals surface area contributed by atoms with Gasteiger partial charge in [-0.25, -0.2) is 19.9 Å². The number of halogens is 3. The second kappa shape index (κ2) is 10.4. The van der Waals surface area contributed by atoms with Crippen LogP contribution >= 0.6 is 0 Å². The molecule has 1 saturated carbocycles. The van der Waals surface area contributed by atoms with Crippen LogP contribution in [0.15, 0.2) is 43.0 Å². The minimum atomic E-state index is -4.51. The van der Waals surface area contributed by atoms with Crippen LogP contribution in [0.25, 0.3) is 22.8 Å². The standard InChI is InChI=1S/C27H25F3N6O4/c1-36-10-20(27(28,29)30)34-24(36)17-5-3-15(4-6-17)11-39-25-19(40-18-12-38-13-18)9-31-23(35-25)21-22(16-7-8-16)32-14-33-26(21)37-2/h3-6,9-10,14,16,18H,7-8,11-13H2,1-2H3. The average Bonchev–Trinajstić information content (AvgIpc) is 3.69. The Kier molecular flexibility index (Phi) is 6.74. The number of methoxy groups -OCH3 is 1. The molecule has 4 heterocycles. The van der Waals surface area contributed by atoms with E-state index in [1.165, 1.54) is 25.1 Å². The third-order valence-corrected chi connectivity index (χ3v) is 6.60. The lowest BCUT2D eigenvalue weighted by atomic mass is 10.1. The summed E-state index contributed by atoms with van der Waals surface area (Å²) in [6, 6.07) is 6.92. The number of aromatic nitrogens is 6. The van der Waals surface area contributed by atoms with E-state index in [-0.39, 0.29) is 24.4 Å². The number of nitrogens with zero attached hydrogens (tertiary/aromatic N) is 6. The van der Waals surface area contributed by atoms with E-state index >= 15 is 0 Å². The van der Waals surface area contributed by atoms with Crippen molar-refractivity contribution in [3.63, 3.8) is 0 Å². The van der Waals surface area contributed by atoms with Crippen LogP contribution in [0.2, 0.25) is 0 Å². The van der Waals surface area contributed by atoms with Gasteiger partial charge in [0.25, 0.3) is 5.88 Å². The van der Waals surface area contributed by atoms with Gasteiger partial charge in [0.1, 0.15) is 30.4 Å². The van der Waals surface area contributed by atoms with E-state index in [1.54, 1.807) is 30.5 Å². The van der Waals surface area contributed by atoms with Crippen molar-refractivity contribution in [3.05, 3.63) is 59.9 Å². The number of benzene rings is 1. The first kappa shape index (κ1) is 26.0. The molecule has 2 aliphatic rings. The van der Waals surface area contributed by atoms with Crippen molar-refractivity contribution in [2.75, 3.05) is 20.3 Å². The zero-order valence-electron chi connectivity index (χ0n) is 21.7. The topological polar surface area (TPSA) is 106 Å². The summed E-state index contributed by atoms with van der Waals surface area (Å²) in [5.74, 6) is 1.84. The minimum Gasteiger partial charge on any atom is -0.480 e. The van der Waals surface area contributed by atoms with Crippen LogP contribution in [0.1, 0.15) is 35.7 Å². The Morgan fingerprint density at radius 3 is 2.42 bits per heavy atom. The van der Waals surface area contributed by atoms with Gasteiger partial charge in [-0.3, -0.25) is 0 Å². The molecule has 0 atom stereocenters. The number of imidazole rings is 1. The van der Waals surface area contributed by atoms with Gasteiger partial charge in [-0.15, -0.1) is 0 Å². The molecule has 1 aliphatic carbocycles. The van der Waals surface area contributed by atoms with Crippen LogP contribution in [-0.2, 0) is 24.6 Å². The first-order valence-corrected chi connectivity index (χ1v) is 12.6. The Labute approximate surface area is 227 Å². The van der Waals surface area contributed by atoms with Crippen molar-refractivity contribution in [3.8, 4) is 40.3 Å². The molecule has 40 heavy (non-hydrogen) atoms. The van der Waals surface area contributed by atoms with Gasteiger partial charge < -0.3 is 23.5 Å². The summed E-state index contributed by atoms with van der Waals surface area (Å²) in [5, 5.41) is 0. The summed E-state index contributed by atoms with van der Waals surface area (Å²) >= 11 is 0. The maximum atomic E-state index is 13.1.